The fourth-order valence-electron chi connectivity index (χ4n) is 1.63. The molecule has 2 aromatic rings. The number of nitrogens with zero attached hydrogens (tertiary/aromatic N) is 3. The number of nitrogens with one attached hydrogen (secondary N) is 2. The minimum atomic E-state index is -0.224. The van der Waals surface area contributed by atoms with E-state index in [0.29, 0.717) is 17.2 Å². The molecule has 0 saturated carbocycles. The van der Waals surface area contributed by atoms with Crippen molar-refractivity contribution in [3.8, 4) is 5.75 Å². The summed E-state index contributed by atoms with van der Waals surface area (Å²) in [5.74, 6) is 0.257. The molecule has 0 aliphatic rings. The van der Waals surface area contributed by atoms with E-state index in [-0.39, 0.29) is 24.0 Å². The van der Waals surface area contributed by atoms with Gasteiger partial charge in [-0.05, 0) is 31.3 Å². The average Bonchev–Trinajstić information content (AvgIpc) is 2.48. The maximum atomic E-state index is 11.4. The van der Waals surface area contributed by atoms with Crippen molar-refractivity contribution in [2.24, 2.45) is 10.2 Å². The number of aromatic nitrogens is 1. The minimum absolute atomic E-state index is 0.0220. The number of aromatic hydroxyl groups is 1. The maximum absolute atomic E-state index is 11.4. The van der Waals surface area contributed by atoms with Gasteiger partial charge >= 0.3 is 0 Å². The topological polar surface area (TPSA) is 125 Å². The third-order valence-corrected chi connectivity index (χ3v) is 2.65. The summed E-state index contributed by atoms with van der Waals surface area (Å²) in [6.07, 6.45) is 0. The number of azo groups is 1. The van der Waals surface area contributed by atoms with Crippen LogP contribution in [0.5, 0.6) is 5.75 Å². The molecule has 0 spiro atoms. The van der Waals surface area contributed by atoms with Crippen LogP contribution in [0.4, 0.5) is 23.0 Å². The fourth-order valence-corrected chi connectivity index (χ4v) is 1.63. The zero-order valence-electron chi connectivity index (χ0n) is 11.9. The number of pyridine rings is 1. The first-order valence-electron chi connectivity index (χ1n) is 6.51. The van der Waals surface area contributed by atoms with Gasteiger partial charge in [-0.2, -0.15) is 0 Å². The average molecular weight is 300 g/mol. The highest BCUT2D eigenvalue weighted by Crippen LogP contribution is 2.29. The molecule has 1 aromatic heterocycles. The fraction of sp³-hybridized carbons (Fsp3) is 0.143. The van der Waals surface area contributed by atoms with Crippen molar-refractivity contribution in [3.63, 3.8) is 0 Å². The number of hydrogen-bond acceptors (Lipinski definition) is 7. The first kappa shape index (κ1) is 15.4. The first-order chi connectivity index (χ1) is 10.6. The van der Waals surface area contributed by atoms with Crippen LogP contribution in [-0.2, 0) is 4.79 Å². The second-order valence-corrected chi connectivity index (χ2v) is 4.37. The van der Waals surface area contributed by atoms with Crippen LogP contribution in [0.1, 0.15) is 0 Å². The van der Waals surface area contributed by atoms with Crippen LogP contribution < -0.4 is 16.4 Å². The molecule has 0 unspecified atom stereocenters. The number of nitrogens with two attached hydrogens (primary N) is 1. The highest BCUT2D eigenvalue weighted by atomic mass is 16.3. The lowest BCUT2D eigenvalue weighted by Gasteiger charge is -2.05. The molecule has 0 saturated heterocycles. The van der Waals surface area contributed by atoms with Gasteiger partial charge < -0.3 is 21.5 Å². The molecule has 0 radical (unpaired) electrons. The summed E-state index contributed by atoms with van der Waals surface area (Å²) in [5, 5.41) is 22.8. The second-order valence-electron chi connectivity index (χ2n) is 4.37. The number of anilines is 2. The number of nitrogen functional groups attached to an aromatic ring is 1. The van der Waals surface area contributed by atoms with Crippen molar-refractivity contribution in [1.29, 1.82) is 0 Å². The van der Waals surface area contributed by atoms with Crippen LogP contribution in [0.15, 0.2) is 46.6 Å². The van der Waals surface area contributed by atoms with Gasteiger partial charge in [0.1, 0.15) is 22.9 Å². The lowest BCUT2D eigenvalue weighted by atomic mass is 10.3. The zero-order valence-corrected chi connectivity index (χ0v) is 11.9. The van der Waals surface area contributed by atoms with E-state index in [1.165, 1.54) is 6.07 Å². The Balaban J connectivity index is 2.13. The number of rotatable bonds is 5. The first-order valence-corrected chi connectivity index (χ1v) is 6.51. The number of carbonyl (C=O) groups is 1. The van der Waals surface area contributed by atoms with Crippen molar-refractivity contribution in [2.45, 2.75) is 0 Å². The largest absolute Gasteiger partial charge is 0.506 e. The summed E-state index contributed by atoms with van der Waals surface area (Å²) in [7, 11) is 1.67. The Morgan fingerprint density at radius 2 is 1.95 bits per heavy atom. The normalized spacial score (nSPS) is 10.8. The van der Waals surface area contributed by atoms with E-state index in [0.717, 1.165) is 0 Å². The number of hydrogen-bond donors (Lipinski definition) is 4. The molecule has 0 bridgehead atoms. The Hall–Kier alpha value is -3.00. The standard InChI is InChI=1S/C14H16N6O2/c1-16-8-13(22)17-12-7-6-10(14(15)18-12)20-19-9-4-2-3-5-11(9)21/h2-7,16,21H,8H2,1H3,(H3,15,17,18,22). The predicted octanol–water partition coefficient (Wildman–Crippen LogP) is 1.94. The van der Waals surface area contributed by atoms with Crippen LogP contribution in [0.3, 0.4) is 0 Å². The number of phenols is 1. The molecule has 22 heavy (non-hydrogen) atoms. The summed E-state index contributed by atoms with van der Waals surface area (Å²) in [4.78, 5) is 15.5. The van der Waals surface area contributed by atoms with Gasteiger partial charge in [-0.25, -0.2) is 4.98 Å². The number of phenolic OH excluding ortho intramolecular Hbond substituents is 1. The molecule has 0 aliphatic carbocycles. The summed E-state index contributed by atoms with van der Waals surface area (Å²) >= 11 is 0. The van der Waals surface area contributed by atoms with E-state index in [4.69, 9.17) is 5.73 Å². The van der Waals surface area contributed by atoms with Gasteiger partial charge in [-0.15, -0.1) is 10.2 Å². The van der Waals surface area contributed by atoms with E-state index in [1.807, 2.05) is 0 Å². The zero-order chi connectivity index (χ0) is 15.9. The van der Waals surface area contributed by atoms with E-state index >= 15 is 0 Å². The molecular weight excluding hydrogens is 284 g/mol. The Labute approximate surface area is 127 Å². The number of likely N-dealkylation sites (N-methyl/N-ethyl adjacent to an activating group) is 1. The Kier molecular flexibility index (Phi) is 4.99. The number of carbonyl (C=O) groups excluding carboxylic acids is 1. The quantitative estimate of drug-likeness (QED) is 0.628. The molecule has 5 N–H and O–H groups in total. The van der Waals surface area contributed by atoms with Crippen LogP contribution in [0.2, 0.25) is 0 Å². The lowest BCUT2D eigenvalue weighted by molar-refractivity contribution is -0.115. The number of benzene rings is 1. The van der Waals surface area contributed by atoms with Crippen LogP contribution >= 0.6 is 0 Å². The predicted molar refractivity (Wildman–Crippen MR) is 83.5 cm³/mol. The Morgan fingerprint density at radius 3 is 2.64 bits per heavy atom. The summed E-state index contributed by atoms with van der Waals surface area (Å²) in [6.45, 7) is 0.177. The minimum Gasteiger partial charge on any atom is -0.506 e. The van der Waals surface area contributed by atoms with Gasteiger partial charge in [0.05, 0.1) is 6.54 Å². The summed E-state index contributed by atoms with van der Waals surface area (Å²) < 4.78 is 0. The van der Waals surface area contributed by atoms with Gasteiger partial charge in [0.25, 0.3) is 0 Å². The molecule has 0 aliphatic heterocycles. The van der Waals surface area contributed by atoms with Crippen molar-refractivity contribution in [1.82, 2.24) is 10.3 Å². The third-order valence-electron chi connectivity index (χ3n) is 2.65. The molecule has 1 amide bonds. The lowest BCUT2D eigenvalue weighted by Crippen LogP contribution is -2.25. The van der Waals surface area contributed by atoms with Gasteiger partial charge in [-0.3, -0.25) is 4.79 Å². The smallest absolute Gasteiger partial charge is 0.239 e. The van der Waals surface area contributed by atoms with Gasteiger partial charge in [0, 0.05) is 0 Å². The van der Waals surface area contributed by atoms with Crippen molar-refractivity contribution in [2.75, 3.05) is 24.6 Å². The van der Waals surface area contributed by atoms with Gasteiger partial charge in [0.2, 0.25) is 5.91 Å². The van der Waals surface area contributed by atoms with Crippen LogP contribution in [0, 0.1) is 0 Å². The van der Waals surface area contributed by atoms with E-state index in [2.05, 4.69) is 25.8 Å². The molecule has 8 heteroatoms. The van der Waals surface area contributed by atoms with Gasteiger partial charge in [0.15, 0.2) is 5.82 Å². The highest BCUT2D eigenvalue weighted by molar-refractivity contribution is 5.91. The van der Waals surface area contributed by atoms with E-state index in [9.17, 15) is 9.90 Å². The molecule has 0 atom stereocenters. The third kappa shape index (κ3) is 4.00. The highest BCUT2D eigenvalue weighted by Gasteiger charge is 2.05. The summed E-state index contributed by atoms with van der Waals surface area (Å²) in [5.41, 5.74) is 6.45. The Bertz CT molecular complexity index is 701. The molecule has 1 heterocycles. The molecule has 1 aromatic carbocycles. The van der Waals surface area contributed by atoms with E-state index < -0.39 is 0 Å². The van der Waals surface area contributed by atoms with Crippen molar-refractivity contribution < 1.29 is 9.90 Å². The SMILES string of the molecule is CNCC(=O)Nc1ccc(N=Nc2ccccc2O)c(N)n1. The molecule has 8 nitrogen and oxygen atoms in total. The molecule has 0 fully saturated rings. The van der Waals surface area contributed by atoms with E-state index in [1.54, 1.807) is 37.4 Å². The molecule has 2 rings (SSSR count). The molecule has 114 valence electrons. The van der Waals surface area contributed by atoms with Crippen LogP contribution in [-0.4, -0.2) is 29.6 Å². The molecular formula is C14H16N6O2. The number of para-hydroxylation sites is 1. The van der Waals surface area contributed by atoms with Crippen molar-refractivity contribution >= 4 is 28.9 Å². The summed E-state index contributed by atoms with van der Waals surface area (Å²) in [6, 6.07) is 9.71. The Morgan fingerprint density at radius 1 is 1.23 bits per heavy atom. The maximum Gasteiger partial charge on any atom is 0.239 e. The van der Waals surface area contributed by atoms with Gasteiger partial charge in [-0.1, -0.05) is 12.1 Å². The second kappa shape index (κ2) is 7.14. The van der Waals surface area contributed by atoms with Crippen molar-refractivity contribution in [3.05, 3.63) is 36.4 Å². The monoisotopic (exact) mass is 300 g/mol. The van der Waals surface area contributed by atoms with Crippen LogP contribution in [0.25, 0.3) is 0 Å². The number of amides is 1.